The van der Waals surface area contributed by atoms with Crippen LogP contribution in [0.15, 0.2) is 0 Å². The maximum atomic E-state index is 12.3. The third kappa shape index (κ3) is 6.10. The second kappa shape index (κ2) is 12.6. The van der Waals surface area contributed by atoms with E-state index in [2.05, 4.69) is 0 Å². The second-order valence-electron chi connectivity index (χ2n) is 9.31. The van der Waals surface area contributed by atoms with E-state index in [4.69, 9.17) is 28.8 Å². The molecule has 0 aromatic heterocycles. The summed E-state index contributed by atoms with van der Waals surface area (Å²) in [6, 6.07) is 0. The number of rotatable bonds is 9. The number of aliphatic hydroxyl groups excluding tert-OH is 11. The molecule has 222 valence electrons. The Morgan fingerprint density at radius 2 is 1.61 bits per heavy atom. The minimum atomic E-state index is -2.97. The van der Waals surface area contributed by atoms with Crippen LogP contribution in [0.5, 0.6) is 0 Å². The van der Waals surface area contributed by atoms with Gasteiger partial charge in [-0.1, -0.05) is 0 Å². The van der Waals surface area contributed by atoms with E-state index < -0.39 is 124 Å². The Balaban J connectivity index is 1.87. The minimum absolute atomic E-state index is 0.497. The van der Waals surface area contributed by atoms with Crippen LogP contribution < -0.4 is 0 Å². The van der Waals surface area contributed by atoms with Crippen LogP contribution in [0.2, 0.25) is 0 Å². The summed E-state index contributed by atoms with van der Waals surface area (Å²) in [7, 11) is 0. The highest BCUT2D eigenvalue weighted by Crippen LogP contribution is 2.37. The lowest BCUT2D eigenvalue weighted by molar-refractivity contribution is -0.385. The summed E-state index contributed by atoms with van der Waals surface area (Å²) in [5, 5.41) is 120. The van der Waals surface area contributed by atoms with E-state index in [9.17, 15) is 61.0 Å². The maximum Gasteiger partial charge on any atom is 0.364 e. The molecule has 0 saturated carbocycles. The second-order valence-corrected chi connectivity index (χ2v) is 9.31. The molecule has 0 aromatic carbocycles. The number of carboxylic acid groups (broad SMARTS) is 1. The van der Waals surface area contributed by atoms with Gasteiger partial charge in [-0.15, -0.1) is 0 Å². The van der Waals surface area contributed by atoms with Crippen molar-refractivity contribution in [2.45, 2.75) is 98.0 Å². The molecule has 0 radical (unpaired) electrons. The summed E-state index contributed by atoms with van der Waals surface area (Å²) in [6.07, 6.45) is -27.2. The summed E-state index contributed by atoms with van der Waals surface area (Å²) in [5.74, 6) is -4.92. The van der Waals surface area contributed by atoms with E-state index in [0.29, 0.717) is 0 Å². The lowest BCUT2D eigenvalue weighted by Crippen LogP contribution is -2.68. The molecule has 3 rings (SSSR count). The maximum absolute atomic E-state index is 12.3. The number of ether oxygens (including phenoxy) is 5. The summed E-state index contributed by atoms with van der Waals surface area (Å²) in [4.78, 5) is 12.3. The lowest BCUT2D eigenvalue weighted by Gasteiger charge is -2.49. The van der Waals surface area contributed by atoms with E-state index in [1.807, 2.05) is 0 Å². The Kier molecular flexibility index (Phi) is 10.4. The van der Waals surface area contributed by atoms with Crippen molar-refractivity contribution in [3.8, 4) is 0 Å². The van der Waals surface area contributed by atoms with Gasteiger partial charge in [0.2, 0.25) is 0 Å². The number of aliphatic carboxylic acids is 1. The standard InChI is InChI=1S/C20H34O18/c21-2-6(24)10(26)15-9(25)5(23)1-20(37-15,19(32)33)38-16-12(28)7(3-22)35-18(14(16)30)36-8-4-34-17(31)13(29)11(8)27/h5-18,21-31H,1-4H2,(H,32,33)/t5-,6+,7+,8+,9+,10+,11-,12-,13+,14+,15+,16-,17?,18-,20-/m0/s1. The van der Waals surface area contributed by atoms with Crippen LogP contribution in [0.4, 0.5) is 0 Å². The van der Waals surface area contributed by atoms with Crippen molar-refractivity contribution >= 4 is 5.97 Å². The first-order chi connectivity index (χ1) is 17.8. The van der Waals surface area contributed by atoms with Crippen molar-refractivity contribution in [1.29, 1.82) is 0 Å². The minimum Gasteiger partial charge on any atom is -0.477 e. The van der Waals surface area contributed by atoms with Gasteiger partial charge in [-0.25, -0.2) is 4.79 Å². The molecule has 0 spiro atoms. The van der Waals surface area contributed by atoms with Crippen LogP contribution in [0.25, 0.3) is 0 Å². The average molecular weight is 562 g/mol. The summed E-state index contributed by atoms with van der Waals surface area (Å²) < 4.78 is 26.2. The largest absolute Gasteiger partial charge is 0.477 e. The Hall–Kier alpha value is -1.17. The molecule has 18 nitrogen and oxygen atoms in total. The number of hydrogen-bond donors (Lipinski definition) is 12. The molecule has 3 fully saturated rings. The first-order valence-corrected chi connectivity index (χ1v) is 11.6. The summed E-state index contributed by atoms with van der Waals surface area (Å²) >= 11 is 0. The zero-order chi connectivity index (χ0) is 28.5. The van der Waals surface area contributed by atoms with Crippen molar-refractivity contribution in [3.63, 3.8) is 0 Å². The highest BCUT2D eigenvalue weighted by Gasteiger charge is 2.59. The summed E-state index contributed by atoms with van der Waals surface area (Å²) in [5.41, 5.74) is 0. The van der Waals surface area contributed by atoms with Gasteiger partial charge in [0.05, 0.1) is 25.9 Å². The molecule has 3 aliphatic rings. The molecule has 0 amide bonds. The van der Waals surface area contributed by atoms with Gasteiger partial charge < -0.3 is 85.0 Å². The molecule has 3 aliphatic heterocycles. The molecule has 18 heteroatoms. The van der Waals surface area contributed by atoms with Crippen LogP contribution in [0.3, 0.4) is 0 Å². The van der Waals surface area contributed by atoms with Crippen LogP contribution in [-0.2, 0) is 28.5 Å². The van der Waals surface area contributed by atoms with Crippen molar-refractivity contribution in [2.24, 2.45) is 0 Å². The van der Waals surface area contributed by atoms with E-state index >= 15 is 0 Å². The molecule has 3 saturated heterocycles. The van der Waals surface area contributed by atoms with Crippen LogP contribution in [0, 0.1) is 0 Å². The van der Waals surface area contributed by atoms with Gasteiger partial charge in [0, 0.05) is 6.42 Å². The fourth-order valence-electron chi connectivity index (χ4n) is 4.41. The Morgan fingerprint density at radius 1 is 0.947 bits per heavy atom. The van der Waals surface area contributed by atoms with E-state index in [0.717, 1.165) is 0 Å². The van der Waals surface area contributed by atoms with Crippen molar-refractivity contribution in [1.82, 2.24) is 0 Å². The van der Waals surface area contributed by atoms with E-state index in [1.54, 1.807) is 0 Å². The molecule has 15 atom stereocenters. The topological polar surface area (TPSA) is 306 Å². The third-order valence-electron chi connectivity index (χ3n) is 6.69. The van der Waals surface area contributed by atoms with Crippen LogP contribution in [0.1, 0.15) is 6.42 Å². The Morgan fingerprint density at radius 3 is 2.18 bits per heavy atom. The lowest BCUT2D eigenvalue weighted by atomic mass is 9.90. The molecule has 1 unspecified atom stereocenters. The highest BCUT2D eigenvalue weighted by molar-refractivity contribution is 5.76. The van der Waals surface area contributed by atoms with Gasteiger partial charge >= 0.3 is 5.97 Å². The quantitative estimate of drug-likeness (QED) is 0.124. The van der Waals surface area contributed by atoms with E-state index in [-0.39, 0.29) is 0 Å². The van der Waals surface area contributed by atoms with Crippen LogP contribution in [-0.4, -0.2) is 179 Å². The Bertz CT molecular complexity index is 787. The highest BCUT2D eigenvalue weighted by atomic mass is 16.8. The predicted octanol–water partition coefficient (Wildman–Crippen LogP) is -7.73. The van der Waals surface area contributed by atoms with Gasteiger partial charge in [-0.05, 0) is 0 Å². The molecule has 0 aromatic rings. The first-order valence-electron chi connectivity index (χ1n) is 11.6. The van der Waals surface area contributed by atoms with Gasteiger partial charge in [-0.2, -0.15) is 0 Å². The monoisotopic (exact) mass is 562 g/mol. The van der Waals surface area contributed by atoms with Gasteiger partial charge in [0.25, 0.3) is 5.79 Å². The van der Waals surface area contributed by atoms with Crippen molar-refractivity contribution in [3.05, 3.63) is 0 Å². The molecular weight excluding hydrogens is 528 g/mol. The summed E-state index contributed by atoms with van der Waals surface area (Å²) in [6.45, 7) is -2.43. The molecule has 3 heterocycles. The zero-order valence-electron chi connectivity index (χ0n) is 19.7. The predicted molar refractivity (Wildman–Crippen MR) is 112 cm³/mol. The molecule has 38 heavy (non-hydrogen) atoms. The van der Waals surface area contributed by atoms with E-state index in [1.165, 1.54) is 0 Å². The van der Waals surface area contributed by atoms with Crippen molar-refractivity contribution < 1.29 is 89.8 Å². The third-order valence-corrected chi connectivity index (χ3v) is 6.69. The number of carboxylic acids is 1. The smallest absolute Gasteiger partial charge is 0.364 e. The SMILES string of the molecule is O=C(O)[C@@]1(O[C@H]2[C@@H](O)[C@@H](CO)O[C@@H](O[C@@H]3COC(O)[C@H](O)[C@H]3O)[C@@H]2O)C[C@H](O)[C@@H](O)[C@H]([C@H](O)[C@H](O)CO)O1. The molecule has 12 N–H and O–H groups in total. The van der Waals surface area contributed by atoms with Crippen LogP contribution >= 0.6 is 0 Å². The van der Waals surface area contributed by atoms with Gasteiger partial charge in [0.15, 0.2) is 12.6 Å². The number of aliphatic hydroxyl groups is 11. The van der Waals surface area contributed by atoms with Gasteiger partial charge in [-0.3, -0.25) is 0 Å². The zero-order valence-corrected chi connectivity index (χ0v) is 19.7. The normalized spacial score (nSPS) is 47.9. The van der Waals surface area contributed by atoms with Crippen molar-refractivity contribution in [2.75, 3.05) is 19.8 Å². The molecule has 0 bridgehead atoms. The Labute approximate surface area is 214 Å². The fraction of sp³-hybridized carbons (Fsp3) is 0.950. The number of carbonyl (C=O) groups is 1. The first kappa shape index (κ1) is 31.4. The fourth-order valence-corrected chi connectivity index (χ4v) is 4.41. The van der Waals surface area contributed by atoms with Gasteiger partial charge in [0.1, 0.15) is 67.1 Å². The molecular formula is C20H34O18. The number of hydrogen-bond acceptors (Lipinski definition) is 17. The molecule has 0 aliphatic carbocycles. The average Bonchev–Trinajstić information content (AvgIpc) is 2.89.